The second-order valence-corrected chi connectivity index (χ2v) is 6.78. The van der Waals surface area contributed by atoms with Gasteiger partial charge in [-0.25, -0.2) is 4.98 Å². The molecule has 2 fully saturated rings. The summed E-state index contributed by atoms with van der Waals surface area (Å²) < 4.78 is 0. The third-order valence-electron chi connectivity index (χ3n) is 5.00. The van der Waals surface area contributed by atoms with Crippen molar-refractivity contribution in [2.75, 3.05) is 31.1 Å². The largest absolute Gasteiger partial charge is 0.351 e. The van der Waals surface area contributed by atoms with Gasteiger partial charge in [0, 0.05) is 44.4 Å². The number of likely N-dealkylation sites (tertiary alicyclic amines) is 1. The number of hydrogen-bond acceptors (Lipinski definition) is 5. The minimum absolute atomic E-state index is 0.0743. The molecule has 1 amide bonds. The average Bonchev–Trinajstić information content (AvgIpc) is 2.57. The fourth-order valence-corrected chi connectivity index (χ4v) is 3.60. The van der Waals surface area contributed by atoms with E-state index < -0.39 is 0 Å². The van der Waals surface area contributed by atoms with Gasteiger partial charge in [0.2, 0.25) is 11.7 Å². The molecular weight excluding hydrogens is 308 g/mol. The summed E-state index contributed by atoms with van der Waals surface area (Å²) in [4.78, 5) is 31.2. The van der Waals surface area contributed by atoms with Gasteiger partial charge in [0.25, 0.3) is 0 Å². The van der Waals surface area contributed by atoms with E-state index in [1.165, 1.54) is 6.07 Å². The molecule has 24 heavy (non-hydrogen) atoms. The lowest BCUT2D eigenvalue weighted by atomic mass is 9.95. The first-order valence-corrected chi connectivity index (χ1v) is 8.69. The molecule has 3 heterocycles. The van der Waals surface area contributed by atoms with Crippen LogP contribution in [0.3, 0.4) is 0 Å². The first-order valence-electron chi connectivity index (χ1n) is 8.69. The number of carbonyl (C=O) groups is 1. The highest BCUT2D eigenvalue weighted by atomic mass is 16.6. The molecule has 0 bridgehead atoms. The van der Waals surface area contributed by atoms with Crippen molar-refractivity contribution in [2.24, 2.45) is 5.92 Å². The summed E-state index contributed by atoms with van der Waals surface area (Å²) in [6.45, 7) is 5.07. The van der Waals surface area contributed by atoms with E-state index in [1.54, 1.807) is 6.07 Å². The molecule has 0 atom stereocenters. The van der Waals surface area contributed by atoms with Crippen molar-refractivity contribution in [2.45, 2.75) is 39.0 Å². The average molecular weight is 332 g/mol. The SMILES string of the molecule is Cc1ccc([N+](=O)[O-])c(N2CCC(CN3CCCCC3=O)CC2)n1. The van der Waals surface area contributed by atoms with E-state index in [2.05, 4.69) is 4.98 Å². The van der Waals surface area contributed by atoms with Crippen LogP contribution in [0.1, 0.15) is 37.8 Å². The third-order valence-corrected chi connectivity index (χ3v) is 5.00. The van der Waals surface area contributed by atoms with Gasteiger partial charge in [-0.05, 0) is 44.6 Å². The Morgan fingerprint density at radius 3 is 2.67 bits per heavy atom. The van der Waals surface area contributed by atoms with Crippen LogP contribution in [-0.4, -0.2) is 46.9 Å². The Morgan fingerprint density at radius 1 is 1.25 bits per heavy atom. The number of aromatic nitrogens is 1. The molecule has 0 N–H and O–H groups in total. The van der Waals surface area contributed by atoms with Crippen LogP contribution in [0.25, 0.3) is 0 Å². The van der Waals surface area contributed by atoms with Gasteiger partial charge in [0.1, 0.15) is 0 Å². The molecular formula is C17H24N4O3. The minimum Gasteiger partial charge on any atom is -0.351 e. The Bertz CT molecular complexity index is 626. The lowest BCUT2D eigenvalue weighted by Gasteiger charge is -2.36. The molecule has 7 nitrogen and oxygen atoms in total. The van der Waals surface area contributed by atoms with Crippen LogP contribution in [0.5, 0.6) is 0 Å². The smallest absolute Gasteiger partial charge is 0.311 e. The van der Waals surface area contributed by atoms with E-state index in [0.29, 0.717) is 18.2 Å². The van der Waals surface area contributed by atoms with Gasteiger partial charge in [0.05, 0.1) is 4.92 Å². The number of rotatable bonds is 4. The van der Waals surface area contributed by atoms with Crippen LogP contribution in [0.4, 0.5) is 11.5 Å². The highest BCUT2D eigenvalue weighted by Crippen LogP contribution is 2.30. The van der Waals surface area contributed by atoms with E-state index in [9.17, 15) is 14.9 Å². The number of hydrogen-bond donors (Lipinski definition) is 0. The lowest BCUT2D eigenvalue weighted by molar-refractivity contribution is -0.384. The zero-order chi connectivity index (χ0) is 17.1. The summed E-state index contributed by atoms with van der Waals surface area (Å²) >= 11 is 0. The summed E-state index contributed by atoms with van der Waals surface area (Å²) in [5, 5.41) is 11.2. The number of nitro groups is 1. The van der Waals surface area contributed by atoms with Crippen molar-refractivity contribution in [1.82, 2.24) is 9.88 Å². The molecule has 0 aliphatic carbocycles. The summed E-state index contributed by atoms with van der Waals surface area (Å²) in [5.74, 6) is 1.24. The third kappa shape index (κ3) is 3.66. The number of carbonyl (C=O) groups excluding carboxylic acids is 1. The Balaban J connectivity index is 1.62. The standard InChI is InChI=1S/C17H24N4O3/c1-13-5-6-15(21(23)24)17(18-13)19-10-7-14(8-11-19)12-20-9-3-2-4-16(20)22/h5-6,14H,2-4,7-12H2,1H3. The fourth-order valence-electron chi connectivity index (χ4n) is 3.60. The Kier molecular flexibility index (Phi) is 4.97. The van der Waals surface area contributed by atoms with Gasteiger partial charge >= 0.3 is 5.69 Å². The van der Waals surface area contributed by atoms with E-state index in [-0.39, 0.29) is 16.5 Å². The molecule has 2 saturated heterocycles. The van der Waals surface area contributed by atoms with Crippen LogP contribution in [0, 0.1) is 23.0 Å². The summed E-state index contributed by atoms with van der Waals surface area (Å²) in [6.07, 6.45) is 4.67. The molecule has 1 aromatic heterocycles. The molecule has 1 aromatic rings. The van der Waals surface area contributed by atoms with Crippen LogP contribution in [0.15, 0.2) is 12.1 Å². The van der Waals surface area contributed by atoms with E-state index >= 15 is 0 Å². The number of pyridine rings is 1. The number of amides is 1. The lowest BCUT2D eigenvalue weighted by Crippen LogP contribution is -2.43. The molecule has 0 spiro atoms. The number of piperidine rings is 2. The normalized spacial score (nSPS) is 19.6. The molecule has 130 valence electrons. The maximum Gasteiger partial charge on any atom is 0.311 e. The van der Waals surface area contributed by atoms with E-state index in [4.69, 9.17) is 0 Å². The molecule has 2 aliphatic rings. The number of anilines is 1. The highest BCUT2D eigenvalue weighted by Gasteiger charge is 2.28. The first-order chi connectivity index (χ1) is 11.5. The Morgan fingerprint density at radius 2 is 2.00 bits per heavy atom. The molecule has 2 aliphatic heterocycles. The van der Waals surface area contributed by atoms with Gasteiger partial charge < -0.3 is 9.80 Å². The van der Waals surface area contributed by atoms with Gasteiger partial charge in [-0.1, -0.05) is 0 Å². The summed E-state index contributed by atoms with van der Waals surface area (Å²) in [5.41, 5.74) is 0.863. The summed E-state index contributed by atoms with van der Waals surface area (Å²) in [6, 6.07) is 3.21. The van der Waals surface area contributed by atoms with Crippen molar-refractivity contribution in [3.63, 3.8) is 0 Å². The van der Waals surface area contributed by atoms with Crippen molar-refractivity contribution in [1.29, 1.82) is 0 Å². The molecule has 7 heteroatoms. The van der Waals surface area contributed by atoms with Gasteiger partial charge in [-0.3, -0.25) is 14.9 Å². The fraction of sp³-hybridized carbons (Fsp3) is 0.647. The number of nitrogens with zero attached hydrogens (tertiary/aromatic N) is 4. The molecule has 0 radical (unpaired) electrons. The summed E-state index contributed by atoms with van der Waals surface area (Å²) in [7, 11) is 0. The first kappa shape index (κ1) is 16.7. The highest BCUT2D eigenvalue weighted by molar-refractivity contribution is 5.76. The van der Waals surface area contributed by atoms with Crippen molar-refractivity contribution >= 4 is 17.4 Å². The second-order valence-electron chi connectivity index (χ2n) is 6.78. The second kappa shape index (κ2) is 7.15. The zero-order valence-corrected chi connectivity index (χ0v) is 14.1. The minimum atomic E-state index is -0.361. The van der Waals surface area contributed by atoms with Crippen LogP contribution in [0.2, 0.25) is 0 Å². The molecule has 0 saturated carbocycles. The van der Waals surface area contributed by atoms with Gasteiger partial charge in [-0.15, -0.1) is 0 Å². The Hall–Kier alpha value is -2.18. The predicted molar refractivity (Wildman–Crippen MR) is 91.0 cm³/mol. The molecule has 0 unspecified atom stereocenters. The van der Waals surface area contributed by atoms with Crippen LogP contribution >= 0.6 is 0 Å². The predicted octanol–water partition coefficient (Wildman–Crippen LogP) is 2.53. The molecule has 3 rings (SSSR count). The number of aryl methyl sites for hydroxylation is 1. The quantitative estimate of drug-likeness (QED) is 0.625. The van der Waals surface area contributed by atoms with Crippen LogP contribution in [-0.2, 0) is 4.79 Å². The van der Waals surface area contributed by atoms with Gasteiger partial charge in [-0.2, -0.15) is 0 Å². The topological polar surface area (TPSA) is 79.6 Å². The monoisotopic (exact) mass is 332 g/mol. The van der Waals surface area contributed by atoms with Crippen molar-refractivity contribution in [3.05, 3.63) is 27.9 Å². The van der Waals surface area contributed by atoms with E-state index in [0.717, 1.165) is 57.6 Å². The van der Waals surface area contributed by atoms with Crippen molar-refractivity contribution < 1.29 is 9.72 Å². The molecule has 0 aromatic carbocycles. The van der Waals surface area contributed by atoms with Crippen LogP contribution < -0.4 is 4.90 Å². The van der Waals surface area contributed by atoms with Crippen molar-refractivity contribution in [3.8, 4) is 0 Å². The van der Waals surface area contributed by atoms with E-state index in [1.807, 2.05) is 16.7 Å². The van der Waals surface area contributed by atoms with Gasteiger partial charge in [0.15, 0.2) is 0 Å². The maximum atomic E-state index is 11.9. The maximum absolute atomic E-state index is 11.9. The Labute approximate surface area is 141 Å². The zero-order valence-electron chi connectivity index (χ0n) is 14.1.